The molecule has 1 aromatic rings. The van der Waals surface area contributed by atoms with Crippen LogP contribution in [0.25, 0.3) is 0 Å². The van der Waals surface area contributed by atoms with Crippen LogP contribution in [0.15, 0.2) is 30.3 Å². The minimum Gasteiger partial charge on any atom is -0.340 e. The van der Waals surface area contributed by atoms with E-state index in [1.165, 1.54) is 31.5 Å². The lowest BCUT2D eigenvalue weighted by molar-refractivity contribution is -0.130. The molecule has 132 valence electrons. The van der Waals surface area contributed by atoms with Crippen LogP contribution in [0.5, 0.6) is 0 Å². The van der Waals surface area contributed by atoms with Crippen LogP contribution in [-0.2, 0) is 4.79 Å². The predicted octanol–water partition coefficient (Wildman–Crippen LogP) is 2.42. The van der Waals surface area contributed by atoms with Crippen LogP contribution in [0.2, 0.25) is 0 Å². The van der Waals surface area contributed by atoms with Crippen molar-refractivity contribution in [3.8, 4) is 0 Å². The maximum absolute atomic E-state index is 12.4. The molecule has 0 bridgehead atoms. The highest BCUT2D eigenvalue weighted by atomic mass is 16.2. The van der Waals surface area contributed by atoms with Gasteiger partial charge in [0, 0.05) is 45.7 Å². The van der Waals surface area contributed by atoms with Gasteiger partial charge in [-0.15, -0.1) is 0 Å². The topological polar surface area (TPSA) is 26.8 Å². The highest BCUT2D eigenvalue weighted by molar-refractivity contribution is 5.76. The summed E-state index contributed by atoms with van der Waals surface area (Å²) < 4.78 is 0. The number of rotatable bonds is 6. The van der Waals surface area contributed by atoms with Crippen LogP contribution in [-0.4, -0.2) is 73.0 Å². The summed E-state index contributed by atoms with van der Waals surface area (Å²) in [6, 6.07) is 10.7. The molecule has 0 N–H and O–H groups in total. The zero-order valence-corrected chi connectivity index (χ0v) is 15.0. The number of carbonyl (C=O) groups is 1. The molecule has 0 aromatic heterocycles. The molecule has 1 atom stereocenters. The summed E-state index contributed by atoms with van der Waals surface area (Å²) in [6.45, 7) is 10.5. The van der Waals surface area contributed by atoms with Gasteiger partial charge in [-0.25, -0.2) is 0 Å². The molecule has 0 unspecified atom stereocenters. The first kappa shape index (κ1) is 17.4. The van der Waals surface area contributed by atoms with E-state index >= 15 is 0 Å². The third-order valence-electron chi connectivity index (χ3n) is 5.47. The Bertz CT molecular complexity index is 513. The van der Waals surface area contributed by atoms with E-state index in [1.807, 2.05) is 0 Å². The molecule has 2 saturated heterocycles. The molecular weight excluding hydrogens is 298 g/mol. The zero-order valence-electron chi connectivity index (χ0n) is 15.0. The third kappa shape index (κ3) is 4.81. The number of carbonyl (C=O) groups excluding carboxylic acids is 1. The molecular formula is C20H31N3O. The second-order valence-corrected chi connectivity index (χ2v) is 7.29. The van der Waals surface area contributed by atoms with E-state index in [0.717, 1.165) is 39.3 Å². The van der Waals surface area contributed by atoms with E-state index in [2.05, 4.69) is 52.0 Å². The summed E-state index contributed by atoms with van der Waals surface area (Å²) in [5.74, 6) is 0.849. The van der Waals surface area contributed by atoms with Crippen LogP contribution < -0.4 is 0 Å². The molecule has 2 fully saturated rings. The fraction of sp³-hybridized carbons (Fsp3) is 0.650. The summed E-state index contributed by atoms with van der Waals surface area (Å²) >= 11 is 0. The number of nitrogens with zero attached hydrogens (tertiary/aromatic N) is 3. The largest absolute Gasteiger partial charge is 0.340 e. The highest BCUT2D eigenvalue weighted by Crippen LogP contribution is 2.17. The summed E-state index contributed by atoms with van der Waals surface area (Å²) in [5, 5.41) is 0. The van der Waals surface area contributed by atoms with E-state index in [-0.39, 0.29) is 0 Å². The predicted molar refractivity (Wildman–Crippen MR) is 98.2 cm³/mol. The van der Waals surface area contributed by atoms with Crippen molar-refractivity contribution in [3.63, 3.8) is 0 Å². The Hall–Kier alpha value is -1.39. The van der Waals surface area contributed by atoms with Gasteiger partial charge in [-0.1, -0.05) is 37.3 Å². The first-order valence-corrected chi connectivity index (χ1v) is 9.50. The molecule has 0 radical (unpaired) electrons. The average Bonchev–Trinajstić information content (AvgIpc) is 3.07. The lowest BCUT2D eigenvalue weighted by atomic mass is 10.0. The number of hydrogen-bond acceptors (Lipinski definition) is 3. The first-order chi connectivity index (χ1) is 11.7. The van der Waals surface area contributed by atoms with Crippen molar-refractivity contribution < 1.29 is 4.79 Å². The summed E-state index contributed by atoms with van der Waals surface area (Å²) in [7, 11) is 0. The molecule has 3 rings (SSSR count). The van der Waals surface area contributed by atoms with Gasteiger partial charge in [0.25, 0.3) is 0 Å². The van der Waals surface area contributed by atoms with E-state index in [9.17, 15) is 4.79 Å². The van der Waals surface area contributed by atoms with Gasteiger partial charge in [-0.05, 0) is 37.4 Å². The van der Waals surface area contributed by atoms with E-state index in [0.29, 0.717) is 18.2 Å². The molecule has 24 heavy (non-hydrogen) atoms. The normalized spacial score (nSPS) is 21.9. The maximum atomic E-state index is 12.4. The summed E-state index contributed by atoms with van der Waals surface area (Å²) in [4.78, 5) is 19.4. The molecule has 0 saturated carbocycles. The molecule has 0 aliphatic carbocycles. The smallest absolute Gasteiger partial charge is 0.223 e. The lowest BCUT2D eigenvalue weighted by Gasteiger charge is -2.26. The van der Waals surface area contributed by atoms with Gasteiger partial charge in [0.15, 0.2) is 0 Å². The molecule has 0 spiro atoms. The minimum absolute atomic E-state index is 0.337. The number of amides is 1. The summed E-state index contributed by atoms with van der Waals surface area (Å²) in [5.41, 5.74) is 1.39. The average molecular weight is 329 g/mol. The van der Waals surface area contributed by atoms with E-state index < -0.39 is 0 Å². The van der Waals surface area contributed by atoms with Crippen LogP contribution in [0.1, 0.15) is 37.7 Å². The third-order valence-corrected chi connectivity index (χ3v) is 5.47. The standard InChI is InChI=1S/C20H31N3O/c1-18(19-7-3-2-4-8-19)17-22-12-9-20(24)23(16-14-22)15-13-21-10-5-6-11-21/h2-4,7-8,18H,5-6,9-17H2,1H3/t18-/m1/s1. The molecule has 2 aliphatic heterocycles. The first-order valence-electron chi connectivity index (χ1n) is 9.50. The molecule has 4 heteroatoms. The van der Waals surface area contributed by atoms with Crippen molar-refractivity contribution in [1.82, 2.24) is 14.7 Å². The Labute approximate surface area is 146 Å². The van der Waals surface area contributed by atoms with Crippen LogP contribution in [0.4, 0.5) is 0 Å². The Kier molecular flexibility index (Phi) is 6.27. The van der Waals surface area contributed by atoms with Crippen molar-refractivity contribution in [2.45, 2.75) is 32.1 Å². The zero-order chi connectivity index (χ0) is 16.8. The number of hydrogen-bond donors (Lipinski definition) is 0. The Balaban J connectivity index is 1.47. The van der Waals surface area contributed by atoms with Crippen molar-refractivity contribution in [2.24, 2.45) is 0 Å². The van der Waals surface area contributed by atoms with Crippen LogP contribution >= 0.6 is 0 Å². The summed E-state index contributed by atoms with van der Waals surface area (Å²) in [6.07, 6.45) is 3.31. The van der Waals surface area contributed by atoms with Crippen molar-refractivity contribution in [1.29, 1.82) is 0 Å². The molecule has 1 aromatic carbocycles. The minimum atomic E-state index is 0.337. The van der Waals surface area contributed by atoms with Gasteiger partial charge < -0.3 is 14.7 Å². The SMILES string of the molecule is C[C@H](CN1CCC(=O)N(CCN2CCCC2)CC1)c1ccccc1. The van der Waals surface area contributed by atoms with Gasteiger partial charge >= 0.3 is 0 Å². The molecule has 2 aliphatic rings. The second kappa shape index (κ2) is 8.63. The van der Waals surface area contributed by atoms with Crippen molar-refractivity contribution >= 4 is 5.91 Å². The fourth-order valence-electron chi connectivity index (χ4n) is 3.87. The second-order valence-electron chi connectivity index (χ2n) is 7.29. The molecule has 1 amide bonds. The maximum Gasteiger partial charge on any atom is 0.223 e. The number of likely N-dealkylation sites (tertiary alicyclic amines) is 1. The van der Waals surface area contributed by atoms with Gasteiger partial charge in [0.1, 0.15) is 0 Å². The van der Waals surface area contributed by atoms with Crippen LogP contribution in [0.3, 0.4) is 0 Å². The van der Waals surface area contributed by atoms with Gasteiger partial charge in [0.2, 0.25) is 5.91 Å². The highest BCUT2D eigenvalue weighted by Gasteiger charge is 2.23. The quantitative estimate of drug-likeness (QED) is 0.802. The van der Waals surface area contributed by atoms with Crippen LogP contribution in [0, 0.1) is 0 Å². The van der Waals surface area contributed by atoms with Crippen molar-refractivity contribution in [2.75, 3.05) is 52.4 Å². The van der Waals surface area contributed by atoms with E-state index in [4.69, 9.17) is 0 Å². The van der Waals surface area contributed by atoms with Crippen molar-refractivity contribution in [3.05, 3.63) is 35.9 Å². The lowest BCUT2D eigenvalue weighted by Crippen LogP contribution is -2.39. The Morgan fingerprint density at radius 1 is 0.917 bits per heavy atom. The molecule has 4 nitrogen and oxygen atoms in total. The Morgan fingerprint density at radius 3 is 2.42 bits per heavy atom. The number of benzene rings is 1. The fourth-order valence-corrected chi connectivity index (χ4v) is 3.87. The van der Waals surface area contributed by atoms with Gasteiger partial charge in [-0.2, -0.15) is 0 Å². The van der Waals surface area contributed by atoms with Gasteiger partial charge in [0.05, 0.1) is 0 Å². The Morgan fingerprint density at radius 2 is 1.67 bits per heavy atom. The van der Waals surface area contributed by atoms with Gasteiger partial charge in [-0.3, -0.25) is 4.79 Å². The van der Waals surface area contributed by atoms with E-state index in [1.54, 1.807) is 0 Å². The molecule has 2 heterocycles. The monoisotopic (exact) mass is 329 g/mol.